The number of hydrogen-bond acceptors (Lipinski definition) is 5. The van der Waals surface area contributed by atoms with Crippen LogP contribution in [-0.4, -0.2) is 42.1 Å². The van der Waals surface area contributed by atoms with E-state index in [9.17, 15) is 18.8 Å². The van der Waals surface area contributed by atoms with Gasteiger partial charge in [-0.2, -0.15) is 0 Å². The van der Waals surface area contributed by atoms with Crippen molar-refractivity contribution in [1.82, 2.24) is 10.6 Å². The summed E-state index contributed by atoms with van der Waals surface area (Å²) < 4.78 is 21.3. The van der Waals surface area contributed by atoms with Gasteiger partial charge in [-0.05, 0) is 78.9 Å². The first-order chi connectivity index (χ1) is 16.4. The molecule has 1 fully saturated rings. The van der Waals surface area contributed by atoms with Crippen molar-refractivity contribution < 1.29 is 28.6 Å². The van der Waals surface area contributed by atoms with Gasteiger partial charge in [-0.1, -0.05) is 0 Å². The van der Waals surface area contributed by atoms with Gasteiger partial charge in [0.05, 0.1) is 12.0 Å². The molecular weight excluding hydrogens is 459 g/mol. The first-order valence-corrected chi connectivity index (χ1v) is 12.0. The number of carbonyl (C=O) groups is 3. The summed E-state index contributed by atoms with van der Waals surface area (Å²) in [6.07, 6.45) is 1.85. The molecule has 34 heavy (non-hydrogen) atoms. The Bertz CT molecular complexity index is 1200. The highest BCUT2D eigenvalue weighted by molar-refractivity contribution is 7.17. The zero-order chi connectivity index (χ0) is 24.1. The van der Waals surface area contributed by atoms with Gasteiger partial charge < -0.3 is 20.5 Å². The summed E-state index contributed by atoms with van der Waals surface area (Å²) in [6, 6.07) is 11.4. The van der Waals surface area contributed by atoms with Gasteiger partial charge in [-0.25, -0.2) is 4.39 Å². The van der Waals surface area contributed by atoms with E-state index in [1.54, 1.807) is 17.4 Å². The highest BCUT2D eigenvalue weighted by atomic mass is 32.1. The fraction of sp³-hybridized carbons (Fsp3) is 0.320. The van der Waals surface area contributed by atoms with Gasteiger partial charge in [-0.15, -0.1) is 11.3 Å². The second-order valence-electron chi connectivity index (χ2n) is 8.26. The van der Waals surface area contributed by atoms with Crippen LogP contribution >= 0.6 is 11.3 Å². The molecule has 0 saturated heterocycles. The molecule has 0 aliphatic heterocycles. The number of amides is 2. The van der Waals surface area contributed by atoms with E-state index in [1.807, 2.05) is 23.6 Å². The Morgan fingerprint density at radius 3 is 2.24 bits per heavy atom. The first kappa shape index (κ1) is 23.7. The topological polar surface area (TPSA) is 105 Å². The molecule has 4 rings (SSSR count). The molecule has 2 amide bonds. The Kier molecular flexibility index (Phi) is 7.42. The number of benzene rings is 2. The third-order valence-electron chi connectivity index (χ3n) is 5.92. The molecule has 3 aromatic rings. The lowest BCUT2D eigenvalue weighted by atomic mass is 9.87. The Labute approximate surface area is 199 Å². The average molecular weight is 485 g/mol. The van der Waals surface area contributed by atoms with Crippen molar-refractivity contribution in [2.24, 2.45) is 5.92 Å². The van der Waals surface area contributed by atoms with E-state index in [4.69, 9.17) is 9.84 Å². The van der Waals surface area contributed by atoms with Crippen molar-refractivity contribution in [1.29, 1.82) is 0 Å². The molecule has 1 aliphatic carbocycles. The standard InChI is InChI=1S/C25H25FN2O5S/c26-20-14-18(3-7-21(20)33-19-5-1-15(2-6-19)25(31)32)24(30)28-11-10-27-23(29)17-4-8-22-16(13-17)9-12-34-22/h3-4,7-9,12-15,19H,1-2,5-6,10-11H2,(H,27,29)(H,28,30)(H,31,32)/t15-,19+. The van der Waals surface area contributed by atoms with Crippen LogP contribution in [0.5, 0.6) is 5.75 Å². The summed E-state index contributed by atoms with van der Waals surface area (Å²) in [5.74, 6) is -2.46. The Balaban J connectivity index is 1.22. The molecule has 1 aromatic heterocycles. The van der Waals surface area contributed by atoms with Gasteiger partial charge in [0.25, 0.3) is 11.8 Å². The van der Waals surface area contributed by atoms with Gasteiger partial charge in [0.2, 0.25) is 0 Å². The van der Waals surface area contributed by atoms with Crippen LogP contribution in [0.15, 0.2) is 47.8 Å². The van der Waals surface area contributed by atoms with E-state index in [-0.39, 0.29) is 42.3 Å². The van der Waals surface area contributed by atoms with Crippen molar-refractivity contribution in [3.8, 4) is 5.75 Å². The second kappa shape index (κ2) is 10.6. The summed E-state index contributed by atoms with van der Waals surface area (Å²) in [7, 11) is 0. The molecule has 1 saturated carbocycles. The molecular formula is C25H25FN2O5S. The molecule has 1 aliphatic rings. The highest BCUT2D eigenvalue weighted by Gasteiger charge is 2.27. The molecule has 2 aromatic carbocycles. The molecule has 0 bridgehead atoms. The number of carbonyl (C=O) groups excluding carboxylic acids is 2. The summed E-state index contributed by atoms with van der Waals surface area (Å²) in [4.78, 5) is 35.7. The molecule has 3 N–H and O–H groups in total. The number of nitrogens with one attached hydrogen (secondary N) is 2. The van der Waals surface area contributed by atoms with Crippen molar-refractivity contribution in [2.45, 2.75) is 31.8 Å². The summed E-state index contributed by atoms with van der Waals surface area (Å²) in [5, 5.41) is 17.5. The molecule has 9 heteroatoms. The van der Waals surface area contributed by atoms with Gasteiger partial charge >= 0.3 is 5.97 Å². The van der Waals surface area contributed by atoms with Crippen LogP contribution in [0.4, 0.5) is 4.39 Å². The van der Waals surface area contributed by atoms with E-state index in [0.717, 1.165) is 16.2 Å². The lowest BCUT2D eigenvalue weighted by molar-refractivity contribution is -0.143. The van der Waals surface area contributed by atoms with E-state index in [0.29, 0.717) is 31.2 Å². The molecule has 0 spiro atoms. The highest BCUT2D eigenvalue weighted by Crippen LogP contribution is 2.29. The Morgan fingerprint density at radius 2 is 1.59 bits per heavy atom. The molecule has 0 atom stereocenters. The van der Waals surface area contributed by atoms with Crippen LogP contribution < -0.4 is 15.4 Å². The van der Waals surface area contributed by atoms with Crippen molar-refractivity contribution in [3.05, 3.63) is 64.8 Å². The fourth-order valence-corrected chi connectivity index (χ4v) is 4.78. The molecule has 0 unspecified atom stereocenters. The number of carboxylic acids is 1. The second-order valence-corrected chi connectivity index (χ2v) is 9.21. The van der Waals surface area contributed by atoms with Gasteiger partial charge in [0, 0.05) is 28.9 Å². The fourth-order valence-electron chi connectivity index (χ4n) is 4.01. The number of hydrogen-bond donors (Lipinski definition) is 3. The Hall–Kier alpha value is -3.46. The van der Waals surface area contributed by atoms with Crippen LogP contribution in [0.1, 0.15) is 46.4 Å². The molecule has 0 radical (unpaired) electrons. The Morgan fingerprint density at radius 1 is 0.941 bits per heavy atom. The number of halogens is 1. The summed E-state index contributed by atoms with van der Waals surface area (Å²) in [5.41, 5.74) is 0.694. The zero-order valence-corrected chi connectivity index (χ0v) is 19.2. The maximum Gasteiger partial charge on any atom is 0.306 e. The average Bonchev–Trinajstić information content (AvgIpc) is 3.31. The number of carboxylic acid groups (broad SMARTS) is 1. The molecule has 1 heterocycles. The van der Waals surface area contributed by atoms with E-state index in [2.05, 4.69) is 10.6 Å². The third-order valence-corrected chi connectivity index (χ3v) is 6.82. The van der Waals surface area contributed by atoms with Crippen molar-refractivity contribution >= 4 is 39.2 Å². The van der Waals surface area contributed by atoms with Gasteiger partial charge in [0.15, 0.2) is 11.6 Å². The molecule has 178 valence electrons. The zero-order valence-electron chi connectivity index (χ0n) is 18.4. The largest absolute Gasteiger partial charge is 0.487 e. The first-order valence-electron chi connectivity index (χ1n) is 11.1. The monoisotopic (exact) mass is 484 g/mol. The predicted octanol–water partition coefficient (Wildman–Crippen LogP) is 4.22. The smallest absolute Gasteiger partial charge is 0.306 e. The number of ether oxygens (including phenoxy) is 1. The quantitative estimate of drug-likeness (QED) is 0.415. The molecule has 7 nitrogen and oxygen atoms in total. The third kappa shape index (κ3) is 5.72. The lowest BCUT2D eigenvalue weighted by Gasteiger charge is -2.27. The van der Waals surface area contributed by atoms with Crippen LogP contribution in [0.3, 0.4) is 0 Å². The van der Waals surface area contributed by atoms with Gasteiger partial charge in [-0.3, -0.25) is 14.4 Å². The summed E-state index contributed by atoms with van der Waals surface area (Å²) >= 11 is 1.61. The number of fused-ring (bicyclic) bond motifs is 1. The SMILES string of the molecule is O=C(NCCNC(=O)c1ccc2sccc2c1)c1ccc(O[C@H]2CC[C@@H](C(=O)O)CC2)c(F)c1. The van der Waals surface area contributed by atoms with Crippen LogP contribution in [0.25, 0.3) is 10.1 Å². The van der Waals surface area contributed by atoms with E-state index >= 15 is 0 Å². The number of thiophene rings is 1. The minimum absolute atomic E-state index is 0.0465. The summed E-state index contributed by atoms with van der Waals surface area (Å²) in [6.45, 7) is 0.424. The normalized spacial score (nSPS) is 17.8. The van der Waals surface area contributed by atoms with Crippen molar-refractivity contribution in [3.63, 3.8) is 0 Å². The maximum absolute atomic E-state index is 14.5. The maximum atomic E-state index is 14.5. The number of aliphatic carboxylic acids is 1. The minimum Gasteiger partial charge on any atom is -0.487 e. The number of rotatable bonds is 8. The van der Waals surface area contributed by atoms with Crippen LogP contribution in [-0.2, 0) is 4.79 Å². The lowest BCUT2D eigenvalue weighted by Crippen LogP contribution is -2.34. The van der Waals surface area contributed by atoms with E-state index in [1.165, 1.54) is 12.1 Å². The van der Waals surface area contributed by atoms with Gasteiger partial charge in [0.1, 0.15) is 0 Å². The van der Waals surface area contributed by atoms with Crippen LogP contribution in [0.2, 0.25) is 0 Å². The van der Waals surface area contributed by atoms with Crippen molar-refractivity contribution in [2.75, 3.05) is 13.1 Å². The van der Waals surface area contributed by atoms with E-state index < -0.39 is 17.7 Å². The van der Waals surface area contributed by atoms with Crippen LogP contribution in [0, 0.1) is 11.7 Å². The predicted molar refractivity (Wildman–Crippen MR) is 127 cm³/mol. The minimum atomic E-state index is -0.806.